The zero-order chi connectivity index (χ0) is 15.7. The summed E-state index contributed by atoms with van der Waals surface area (Å²) >= 11 is 16.1. The van der Waals surface area contributed by atoms with E-state index >= 15 is 0 Å². The van der Waals surface area contributed by atoms with E-state index in [1.807, 2.05) is 0 Å². The van der Waals surface area contributed by atoms with Crippen molar-refractivity contribution in [2.24, 2.45) is 0 Å². The average molecular weight is 394 g/mol. The Bertz CT molecular complexity index is 731. The van der Waals surface area contributed by atoms with Gasteiger partial charge in [-0.05, 0) is 6.07 Å². The van der Waals surface area contributed by atoms with Gasteiger partial charge in [-0.2, -0.15) is 0 Å². The van der Waals surface area contributed by atoms with Crippen molar-refractivity contribution in [1.29, 1.82) is 0 Å². The lowest BCUT2D eigenvalue weighted by molar-refractivity contribution is -0.130. The van der Waals surface area contributed by atoms with Gasteiger partial charge in [0, 0.05) is 10.9 Å². The van der Waals surface area contributed by atoms with Crippen molar-refractivity contribution in [2.45, 2.75) is 0 Å². The van der Waals surface area contributed by atoms with Crippen molar-refractivity contribution in [3.63, 3.8) is 0 Å². The molecule has 1 fully saturated rings. The molecule has 2 aromatic rings. The number of carbonyl (C=O) groups is 2. The molecule has 2 amide bonds. The number of carbonyl (C=O) groups excluding carboxylic acids is 2. The molecule has 116 valence electrons. The van der Waals surface area contributed by atoms with Crippen LogP contribution in [0.4, 0.5) is 5.13 Å². The quantitative estimate of drug-likeness (QED) is 0.860. The van der Waals surface area contributed by atoms with Crippen LogP contribution in [0, 0.1) is 0 Å². The van der Waals surface area contributed by atoms with Crippen LogP contribution in [0.25, 0.3) is 11.3 Å². The normalized spacial score (nSPS) is 14.6. The van der Waals surface area contributed by atoms with Gasteiger partial charge in [-0.25, -0.2) is 4.98 Å². The zero-order valence-electron chi connectivity index (χ0n) is 11.0. The molecule has 0 unspecified atom stereocenters. The van der Waals surface area contributed by atoms with Crippen molar-refractivity contribution in [2.75, 3.05) is 23.5 Å². The summed E-state index contributed by atoms with van der Waals surface area (Å²) in [6.07, 6.45) is 0. The Morgan fingerprint density at radius 3 is 2.91 bits per heavy atom. The van der Waals surface area contributed by atoms with Gasteiger partial charge >= 0.3 is 0 Å². The number of thiazole rings is 1. The molecule has 0 atom stereocenters. The number of hydrogen-bond donors (Lipinski definition) is 1. The lowest BCUT2D eigenvalue weighted by Crippen LogP contribution is -2.34. The van der Waals surface area contributed by atoms with E-state index in [0.29, 0.717) is 31.1 Å². The molecule has 0 aromatic carbocycles. The maximum atomic E-state index is 11.9. The van der Waals surface area contributed by atoms with Gasteiger partial charge in [0.1, 0.15) is 10.9 Å². The van der Waals surface area contributed by atoms with Crippen LogP contribution in [-0.2, 0) is 9.59 Å². The molecule has 0 radical (unpaired) electrons. The average Bonchev–Trinajstić information content (AvgIpc) is 3.13. The first-order valence-electron chi connectivity index (χ1n) is 6.09. The third-order valence-corrected chi connectivity index (χ3v) is 6.03. The molecule has 1 aliphatic rings. The van der Waals surface area contributed by atoms with Crippen molar-refractivity contribution in [3.8, 4) is 11.3 Å². The Labute approximate surface area is 148 Å². The molecule has 3 rings (SSSR count). The predicted molar refractivity (Wildman–Crippen MR) is 93.1 cm³/mol. The molecule has 10 heteroatoms. The molecule has 5 nitrogen and oxygen atoms in total. The molecule has 0 saturated carbocycles. The predicted octanol–water partition coefficient (Wildman–Crippen LogP) is 3.65. The molecule has 0 spiro atoms. The van der Waals surface area contributed by atoms with Gasteiger partial charge in [0.05, 0.1) is 21.7 Å². The van der Waals surface area contributed by atoms with E-state index < -0.39 is 0 Å². The zero-order valence-corrected chi connectivity index (χ0v) is 14.9. The fourth-order valence-corrected chi connectivity index (χ4v) is 4.95. The number of nitrogens with one attached hydrogen (secondary N) is 1. The molecular weight excluding hydrogens is 385 g/mol. The van der Waals surface area contributed by atoms with Crippen LogP contribution in [-0.4, -0.2) is 39.9 Å². The number of thioether (sulfide) groups is 1. The summed E-state index contributed by atoms with van der Waals surface area (Å²) < 4.78 is 1.15. The van der Waals surface area contributed by atoms with Gasteiger partial charge in [-0.15, -0.1) is 34.4 Å². The Balaban J connectivity index is 1.65. The lowest BCUT2D eigenvalue weighted by atomic mass is 10.3. The van der Waals surface area contributed by atoms with Crippen LogP contribution in [0.5, 0.6) is 0 Å². The highest BCUT2D eigenvalue weighted by molar-refractivity contribution is 8.00. The van der Waals surface area contributed by atoms with Crippen molar-refractivity contribution in [1.82, 2.24) is 9.88 Å². The van der Waals surface area contributed by atoms with Crippen LogP contribution >= 0.6 is 57.6 Å². The van der Waals surface area contributed by atoms with E-state index in [1.165, 1.54) is 39.3 Å². The lowest BCUT2D eigenvalue weighted by Gasteiger charge is -2.12. The van der Waals surface area contributed by atoms with Crippen molar-refractivity contribution < 1.29 is 9.59 Å². The largest absolute Gasteiger partial charge is 0.323 e. The summed E-state index contributed by atoms with van der Waals surface area (Å²) in [6.45, 7) is 0.0474. The molecular formula is C12H9Cl2N3O2S3. The minimum Gasteiger partial charge on any atom is -0.323 e. The highest BCUT2D eigenvalue weighted by Gasteiger charge is 2.23. The van der Waals surface area contributed by atoms with Crippen LogP contribution in [0.15, 0.2) is 11.4 Å². The van der Waals surface area contributed by atoms with Crippen LogP contribution in [0.2, 0.25) is 8.67 Å². The number of thiophene rings is 1. The smallest absolute Gasteiger partial charge is 0.245 e. The van der Waals surface area contributed by atoms with Gasteiger partial charge in [0.2, 0.25) is 11.8 Å². The van der Waals surface area contributed by atoms with E-state index in [-0.39, 0.29) is 18.4 Å². The van der Waals surface area contributed by atoms with E-state index in [4.69, 9.17) is 23.2 Å². The summed E-state index contributed by atoms with van der Waals surface area (Å²) in [7, 11) is 0. The molecule has 22 heavy (non-hydrogen) atoms. The molecule has 3 heterocycles. The van der Waals surface area contributed by atoms with Crippen molar-refractivity contribution >= 4 is 74.6 Å². The Morgan fingerprint density at radius 2 is 2.27 bits per heavy atom. The summed E-state index contributed by atoms with van der Waals surface area (Å²) in [4.78, 5) is 29.3. The van der Waals surface area contributed by atoms with E-state index in [1.54, 1.807) is 11.4 Å². The first-order valence-corrected chi connectivity index (χ1v) is 9.69. The van der Waals surface area contributed by atoms with E-state index in [2.05, 4.69) is 10.3 Å². The van der Waals surface area contributed by atoms with Crippen LogP contribution in [0.1, 0.15) is 0 Å². The second-order valence-corrected chi connectivity index (χ2v) is 8.49. The minimum atomic E-state index is -0.258. The van der Waals surface area contributed by atoms with Crippen LogP contribution in [0.3, 0.4) is 0 Å². The third-order valence-electron chi connectivity index (χ3n) is 2.84. The first-order chi connectivity index (χ1) is 10.5. The first kappa shape index (κ1) is 16.1. The fraction of sp³-hybridized carbons (Fsp3) is 0.250. The SMILES string of the molecule is O=C(CN1CSCC1=O)Nc1nc(-c2cc(Cl)sc2Cl)cs1. The standard InChI is InChI=1S/C12H9Cl2N3O2S3/c13-8-1-6(11(14)22-8)7-3-21-12(15-7)16-9(18)2-17-5-20-4-10(17)19/h1,3H,2,4-5H2,(H,15,16,18). The molecule has 0 aliphatic carbocycles. The Kier molecular flexibility index (Phi) is 4.94. The number of halogens is 2. The molecule has 1 saturated heterocycles. The molecule has 1 aliphatic heterocycles. The van der Waals surface area contributed by atoms with Crippen molar-refractivity contribution in [3.05, 3.63) is 20.1 Å². The molecule has 2 aromatic heterocycles. The highest BCUT2D eigenvalue weighted by atomic mass is 35.5. The number of rotatable bonds is 4. The van der Waals surface area contributed by atoms with E-state index in [0.717, 1.165) is 5.56 Å². The monoisotopic (exact) mass is 393 g/mol. The summed E-state index contributed by atoms with van der Waals surface area (Å²) in [5.41, 5.74) is 1.42. The second-order valence-electron chi connectivity index (χ2n) is 4.39. The summed E-state index contributed by atoms with van der Waals surface area (Å²) in [6, 6.07) is 1.75. The highest BCUT2D eigenvalue weighted by Crippen LogP contribution is 2.38. The fourth-order valence-electron chi connectivity index (χ4n) is 1.84. The van der Waals surface area contributed by atoms with Gasteiger partial charge < -0.3 is 10.2 Å². The Hall–Kier alpha value is -0.800. The molecule has 0 bridgehead atoms. The number of nitrogens with zero attached hydrogens (tertiary/aromatic N) is 2. The number of anilines is 1. The summed E-state index contributed by atoms with van der Waals surface area (Å²) in [5, 5.41) is 4.97. The van der Waals surface area contributed by atoms with Crippen LogP contribution < -0.4 is 5.32 Å². The topological polar surface area (TPSA) is 62.3 Å². The molecule has 1 N–H and O–H groups in total. The third kappa shape index (κ3) is 3.57. The number of aromatic nitrogens is 1. The van der Waals surface area contributed by atoms with Gasteiger partial charge in [0.15, 0.2) is 5.13 Å². The van der Waals surface area contributed by atoms with Gasteiger partial charge in [-0.3, -0.25) is 9.59 Å². The minimum absolute atomic E-state index is 0.0142. The maximum Gasteiger partial charge on any atom is 0.245 e. The second kappa shape index (κ2) is 6.76. The number of amides is 2. The van der Waals surface area contributed by atoms with Gasteiger partial charge in [0.25, 0.3) is 0 Å². The Morgan fingerprint density at radius 1 is 1.45 bits per heavy atom. The van der Waals surface area contributed by atoms with Gasteiger partial charge in [-0.1, -0.05) is 23.2 Å². The van der Waals surface area contributed by atoms with E-state index in [9.17, 15) is 9.59 Å². The maximum absolute atomic E-state index is 11.9. The number of hydrogen-bond acceptors (Lipinski definition) is 6. The summed E-state index contributed by atoms with van der Waals surface area (Å²) in [5.74, 6) is 0.718.